The van der Waals surface area contributed by atoms with E-state index in [1.165, 1.54) is 43.4 Å². The Balaban J connectivity index is 1.65. The Hall–Kier alpha value is -4.47. The molecule has 1 aliphatic carbocycles. The van der Waals surface area contributed by atoms with Crippen molar-refractivity contribution in [1.82, 2.24) is 10.3 Å². The number of nitrogens with zero attached hydrogens (tertiary/aromatic N) is 2. The molecule has 0 bridgehead atoms. The maximum Gasteiger partial charge on any atom is 0.248 e. The number of amides is 3. The van der Waals surface area contributed by atoms with Gasteiger partial charge in [-0.25, -0.2) is 9.37 Å². The zero-order valence-corrected chi connectivity index (χ0v) is 24.0. The highest BCUT2D eigenvalue weighted by molar-refractivity contribution is 6.02. The van der Waals surface area contributed by atoms with E-state index >= 15 is 0 Å². The molecule has 10 heteroatoms. The van der Waals surface area contributed by atoms with Crippen LogP contribution in [0.5, 0.6) is 11.5 Å². The number of methoxy groups -OCH3 is 2. The molecule has 3 amide bonds. The molecule has 42 heavy (non-hydrogen) atoms. The van der Waals surface area contributed by atoms with Crippen molar-refractivity contribution >= 4 is 29.2 Å². The standard InChI is InChI=1S/C32H37FN4O5/c1-41-25-18-19-26(27(21-25)42-2)37(30(39)13-8-12-29(38)36-28-11-6-7-20-34-28)31(22-14-16-23(33)17-15-22)32(40)35-24-9-4-3-5-10-24/h6-7,11,14-21,24,31H,3-5,8-10,12-13H2,1-2H3,(H,35,40)(H,34,36,38). The Morgan fingerprint density at radius 3 is 2.40 bits per heavy atom. The number of hydrogen-bond acceptors (Lipinski definition) is 6. The average molecular weight is 577 g/mol. The minimum atomic E-state index is -1.11. The number of benzene rings is 2. The fourth-order valence-electron chi connectivity index (χ4n) is 5.15. The summed E-state index contributed by atoms with van der Waals surface area (Å²) in [7, 11) is 2.99. The van der Waals surface area contributed by atoms with E-state index in [9.17, 15) is 18.8 Å². The van der Waals surface area contributed by atoms with E-state index < -0.39 is 17.8 Å². The quantitative estimate of drug-likeness (QED) is 0.292. The highest BCUT2D eigenvalue weighted by Crippen LogP contribution is 2.38. The van der Waals surface area contributed by atoms with E-state index in [1.54, 1.807) is 42.6 Å². The van der Waals surface area contributed by atoms with Crippen LogP contribution in [0.25, 0.3) is 0 Å². The van der Waals surface area contributed by atoms with Gasteiger partial charge >= 0.3 is 0 Å². The molecule has 1 aliphatic rings. The molecule has 3 aromatic rings. The van der Waals surface area contributed by atoms with Gasteiger partial charge in [0.25, 0.3) is 0 Å². The summed E-state index contributed by atoms with van der Waals surface area (Å²) < 4.78 is 24.9. The van der Waals surface area contributed by atoms with Crippen LogP contribution in [0, 0.1) is 5.82 Å². The van der Waals surface area contributed by atoms with Gasteiger partial charge in [0.15, 0.2) is 0 Å². The van der Waals surface area contributed by atoms with Crippen molar-refractivity contribution in [3.8, 4) is 11.5 Å². The van der Waals surface area contributed by atoms with Gasteiger partial charge in [-0.15, -0.1) is 0 Å². The first kappa shape index (κ1) is 30.5. The van der Waals surface area contributed by atoms with Gasteiger partial charge in [0.2, 0.25) is 17.7 Å². The lowest BCUT2D eigenvalue weighted by atomic mass is 9.94. The van der Waals surface area contributed by atoms with Crippen LogP contribution in [0.4, 0.5) is 15.9 Å². The van der Waals surface area contributed by atoms with Crippen LogP contribution >= 0.6 is 0 Å². The SMILES string of the molecule is COc1ccc(N(C(=O)CCCC(=O)Nc2ccccn2)C(C(=O)NC2CCCCC2)c2ccc(F)cc2)c(OC)c1. The van der Waals surface area contributed by atoms with Crippen LogP contribution < -0.4 is 25.0 Å². The second-order valence-corrected chi connectivity index (χ2v) is 10.2. The van der Waals surface area contributed by atoms with Gasteiger partial charge in [-0.1, -0.05) is 37.5 Å². The molecule has 0 spiro atoms. The molecule has 1 saturated carbocycles. The lowest BCUT2D eigenvalue weighted by Gasteiger charge is -2.34. The highest BCUT2D eigenvalue weighted by Gasteiger charge is 2.35. The van der Waals surface area contributed by atoms with Crippen molar-refractivity contribution in [1.29, 1.82) is 0 Å². The summed E-state index contributed by atoms with van der Waals surface area (Å²) in [6, 6.07) is 14.6. The van der Waals surface area contributed by atoms with E-state index in [-0.39, 0.29) is 37.1 Å². The summed E-state index contributed by atoms with van der Waals surface area (Å²) >= 11 is 0. The molecular weight excluding hydrogens is 539 g/mol. The van der Waals surface area contributed by atoms with Gasteiger partial charge in [0.05, 0.1) is 19.9 Å². The fourth-order valence-corrected chi connectivity index (χ4v) is 5.15. The molecule has 0 saturated heterocycles. The number of carbonyl (C=O) groups excluding carboxylic acids is 3. The van der Waals surface area contributed by atoms with Crippen LogP contribution in [0.1, 0.15) is 63.0 Å². The highest BCUT2D eigenvalue weighted by atomic mass is 19.1. The normalized spacial score (nSPS) is 14.0. The summed E-state index contributed by atoms with van der Waals surface area (Å²) in [6.45, 7) is 0. The number of halogens is 1. The molecular formula is C32H37FN4O5. The molecule has 0 radical (unpaired) electrons. The van der Waals surface area contributed by atoms with Gasteiger partial charge in [-0.3, -0.25) is 19.3 Å². The fraction of sp³-hybridized carbons (Fsp3) is 0.375. The minimum Gasteiger partial charge on any atom is -0.497 e. The molecule has 2 aromatic carbocycles. The van der Waals surface area contributed by atoms with Crippen molar-refractivity contribution in [2.75, 3.05) is 24.4 Å². The van der Waals surface area contributed by atoms with Gasteiger partial charge in [0.1, 0.15) is 29.2 Å². The second kappa shape index (κ2) is 15.0. The summed E-state index contributed by atoms with van der Waals surface area (Å²) in [5.41, 5.74) is 0.804. The molecule has 1 heterocycles. The monoisotopic (exact) mass is 576 g/mol. The number of hydrogen-bond donors (Lipinski definition) is 2. The first-order chi connectivity index (χ1) is 20.4. The van der Waals surface area contributed by atoms with E-state index in [1.807, 2.05) is 0 Å². The van der Waals surface area contributed by atoms with E-state index in [2.05, 4.69) is 15.6 Å². The third kappa shape index (κ3) is 8.05. The predicted molar refractivity (Wildman–Crippen MR) is 158 cm³/mol. The van der Waals surface area contributed by atoms with Gasteiger partial charge in [0, 0.05) is 31.1 Å². The third-order valence-electron chi connectivity index (χ3n) is 7.29. The van der Waals surface area contributed by atoms with Gasteiger partial charge < -0.3 is 20.1 Å². The molecule has 2 N–H and O–H groups in total. The number of nitrogens with one attached hydrogen (secondary N) is 2. The van der Waals surface area contributed by atoms with Gasteiger partial charge in [-0.05, 0) is 61.2 Å². The van der Waals surface area contributed by atoms with Gasteiger partial charge in [-0.2, -0.15) is 0 Å². The first-order valence-electron chi connectivity index (χ1n) is 14.2. The van der Waals surface area contributed by atoms with Crippen molar-refractivity contribution in [3.05, 3.63) is 78.2 Å². The molecule has 1 aromatic heterocycles. The van der Waals surface area contributed by atoms with E-state index in [0.717, 1.165) is 32.1 Å². The number of rotatable bonds is 12. The Labute approximate surface area is 245 Å². The molecule has 0 aliphatic heterocycles. The molecule has 9 nitrogen and oxygen atoms in total. The maximum absolute atomic E-state index is 14.0. The minimum absolute atomic E-state index is 0.0146. The Bertz CT molecular complexity index is 1350. The predicted octanol–water partition coefficient (Wildman–Crippen LogP) is 5.57. The summed E-state index contributed by atoms with van der Waals surface area (Å²) in [5, 5.41) is 5.85. The molecule has 1 fully saturated rings. The lowest BCUT2D eigenvalue weighted by Crippen LogP contribution is -2.47. The molecule has 4 rings (SSSR count). The number of anilines is 2. The number of aromatic nitrogens is 1. The summed E-state index contributed by atoms with van der Waals surface area (Å²) in [5.74, 6) is -0.226. The number of pyridine rings is 1. The van der Waals surface area contributed by atoms with Crippen LogP contribution in [0.2, 0.25) is 0 Å². The largest absolute Gasteiger partial charge is 0.497 e. The van der Waals surface area contributed by atoms with Crippen LogP contribution in [0.3, 0.4) is 0 Å². The number of ether oxygens (including phenoxy) is 2. The molecule has 1 atom stereocenters. The van der Waals surface area contributed by atoms with Crippen molar-refractivity contribution in [3.63, 3.8) is 0 Å². The molecule has 1 unspecified atom stereocenters. The zero-order chi connectivity index (χ0) is 29.9. The van der Waals surface area contributed by atoms with Crippen molar-refractivity contribution in [2.24, 2.45) is 0 Å². The van der Waals surface area contributed by atoms with E-state index in [0.29, 0.717) is 28.6 Å². The lowest BCUT2D eigenvalue weighted by molar-refractivity contribution is -0.127. The summed E-state index contributed by atoms with van der Waals surface area (Å²) in [6.07, 6.45) is 6.71. The van der Waals surface area contributed by atoms with E-state index in [4.69, 9.17) is 9.47 Å². The van der Waals surface area contributed by atoms with Crippen LogP contribution in [0.15, 0.2) is 66.9 Å². The maximum atomic E-state index is 14.0. The number of carbonyl (C=O) groups is 3. The van der Waals surface area contributed by atoms with Crippen molar-refractivity contribution in [2.45, 2.75) is 63.5 Å². The summed E-state index contributed by atoms with van der Waals surface area (Å²) in [4.78, 5) is 46.0. The Morgan fingerprint density at radius 2 is 1.74 bits per heavy atom. The zero-order valence-electron chi connectivity index (χ0n) is 24.0. The Morgan fingerprint density at radius 1 is 0.976 bits per heavy atom. The Kier molecular flexibility index (Phi) is 10.9. The molecule has 222 valence electrons. The smallest absolute Gasteiger partial charge is 0.248 e. The van der Waals surface area contributed by atoms with Crippen molar-refractivity contribution < 1.29 is 28.2 Å². The second-order valence-electron chi connectivity index (χ2n) is 10.2. The van der Waals surface area contributed by atoms with Crippen LogP contribution in [-0.2, 0) is 14.4 Å². The first-order valence-corrected chi connectivity index (χ1v) is 14.2. The van der Waals surface area contributed by atoms with Crippen LogP contribution in [-0.4, -0.2) is 43.0 Å². The average Bonchev–Trinajstić information content (AvgIpc) is 3.01. The third-order valence-corrected chi connectivity index (χ3v) is 7.29. The topological polar surface area (TPSA) is 110 Å².